The van der Waals surface area contributed by atoms with E-state index in [2.05, 4.69) is 16.6 Å². The van der Waals surface area contributed by atoms with E-state index in [1.54, 1.807) is 39.2 Å². The maximum atomic E-state index is 13.4. The number of aromatic nitrogens is 1. The number of carbonyl (C=O) groups excluding carboxylic acids is 3. The van der Waals surface area contributed by atoms with Gasteiger partial charge in [-0.1, -0.05) is 5.92 Å². The molecule has 0 spiro atoms. The summed E-state index contributed by atoms with van der Waals surface area (Å²) >= 11 is 0. The van der Waals surface area contributed by atoms with Crippen molar-refractivity contribution >= 4 is 23.3 Å². The lowest BCUT2D eigenvalue weighted by Crippen LogP contribution is -2.45. The lowest BCUT2D eigenvalue weighted by atomic mass is 10.0. The van der Waals surface area contributed by atoms with Gasteiger partial charge in [0.05, 0.1) is 11.1 Å². The molecule has 0 radical (unpaired) electrons. The number of nitrogens with zero attached hydrogens (tertiary/aromatic N) is 1. The van der Waals surface area contributed by atoms with Crippen LogP contribution in [0.25, 0.3) is 0 Å². The quantitative estimate of drug-likeness (QED) is 0.431. The second-order valence-corrected chi connectivity index (χ2v) is 7.31. The summed E-state index contributed by atoms with van der Waals surface area (Å²) in [6.07, 6.45) is 5.35. The third-order valence-electron chi connectivity index (χ3n) is 4.70. The van der Waals surface area contributed by atoms with Gasteiger partial charge in [-0.05, 0) is 52.3 Å². The molecule has 2 N–H and O–H groups in total. The van der Waals surface area contributed by atoms with E-state index >= 15 is 0 Å². The number of hydrogen-bond donors (Lipinski definition) is 2. The van der Waals surface area contributed by atoms with Gasteiger partial charge < -0.3 is 15.2 Å². The average molecular weight is 415 g/mol. The number of halogens is 2. The number of ketones is 1. The molecule has 0 saturated carbocycles. The molecule has 0 saturated heterocycles. The van der Waals surface area contributed by atoms with Crippen LogP contribution < -0.4 is 10.6 Å². The zero-order valence-corrected chi connectivity index (χ0v) is 17.4. The first-order valence-electron chi connectivity index (χ1n) is 9.24. The third-order valence-corrected chi connectivity index (χ3v) is 4.70. The van der Waals surface area contributed by atoms with Crippen molar-refractivity contribution in [2.75, 3.05) is 5.32 Å². The number of nitrogens with one attached hydrogen (secondary N) is 2. The molecule has 2 amide bonds. The van der Waals surface area contributed by atoms with Gasteiger partial charge in [-0.15, -0.1) is 6.42 Å². The van der Waals surface area contributed by atoms with Crippen molar-refractivity contribution in [2.24, 2.45) is 0 Å². The topological polar surface area (TPSA) is 80.2 Å². The summed E-state index contributed by atoms with van der Waals surface area (Å²) in [4.78, 5) is 38.1. The molecule has 1 aromatic carbocycles. The molecule has 0 bridgehead atoms. The predicted octanol–water partition coefficient (Wildman–Crippen LogP) is 3.37. The Labute approximate surface area is 173 Å². The molecule has 6 nitrogen and oxygen atoms in total. The molecule has 2 aromatic rings. The summed E-state index contributed by atoms with van der Waals surface area (Å²) in [6, 6.07) is 2.98. The Balaban J connectivity index is 2.44. The van der Waals surface area contributed by atoms with Gasteiger partial charge in [0.2, 0.25) is 0 Å². The van der Waals surface area contributed by atoms with Gasteiger partial charge in [-0.3, -0.25) is 14.4 Å². The van der Waals surface area contributed by atoms with Crippen molar-refractivity contribution in [3.63, 3.8) is 0 Å². The standard InChI is InChI=1S/C22H23F2N3O3/c1-7-22(5,6)26-21(30)19(28)17-12(3)18(27(8-2)13(17)4)20(29)25-14-9-10-15(23)16(24)11-14/h1,9-11H,8H2,2-6H3,(H,25,29)(H,26,30). The monoisotopic (exact) mass is 415 g/mol. The Morgan fingerprint density at radius 2 is 1.80 bits per heavy atom. The number of benzene rings is 1. The summed E-state index contributed by atoms with van der Waals surface area (Å²) in [7, 11) is 0. The highest BCUT2D eigenvalue weighted by Crippen LogP contribution is 2.25. The predicted molar refractivity (Wildman–Crippen MR) is 109 cm³/mol. The fourth-order valence-electron chi connectivity index (χ4n) is 3.17. The SMILES string of the molecule is C#CC(C)(C)NC(=O)C(=O)c1c(C)c(C(=O)Nc2ccc(F)c(F)c2)n(CC)c1C. The zero-order valence-electron chi connectivity index (χ0n) is 17.4. The Bertz CT molecular complexity index is 1080. The average Bonchev–Trinajstić information content (AvgIpc) is 2.93. The molecule has 0 aliphatic heterocycles. The van der Waals surface area contributed by atoms with Gasteiger partial charge in [-0.25, -0.2) is 8.78 Å². The minimum atomic E-state index is -1.10. The van der Waals surface area contributed by atoms with Crippen LogP contribution in [0.1, 0.15) is 52.9 Å². The summed E-state index contributed by atoms with van der Waals surface area (Å²) in [5.41, 5.74) is 0.0115. The Hall–Kier alpha value is -3.47. The van der Waals surface area contributed by atoms with Crippen molar-refractivity contribution in [1.82, 2.24) is 9.88 Å². The van der Waals surface area contributed by atoms with Gasteiger partial charge in [0.1, 0.15) is 5.69 Å². The van der Waals surface area contributed by atoms with E-state index in [1.807, 2.05) is 0 Å². The number of Topliss-reactive ketones (excluding diaryl/α,β-unsaturated/α-hetero) is 1. The van der Waals surface area contributed by atoms with Crippen molar-refractivity contribution in [1.29, 1.82) is 0 Å². The van der Waals surface area contributed by atoms with E-state index in [0.717, 1.165) is 12.1 Å². The number of terminal acetylenes is 1. The number of amides is 2. The fourth-order valence-corrected chi connectivity index (χ4v) is 3.17. The fraction of sp³-hybridized carbons (Fsp3) is 0.318. The maximum absolute atomic E-state index is 13.4. The van der Waals surface area contributed by atoms with Crippen molar-refractivity contribution < 1.29 is 23.2 Å². The normalized spacial score (nSPS) is 11.0. The summed E-state index contributed by atoms with van der Waals surface area (Å²) in [5, 5.41) is 4.97. The first-order valence-corrected chi connectivity index (χ1v) is 9.24. The smallest absolute Gasteiger partial charge is 0.293 e. The minimum absolute atomic E-state index is 0.0567. The third kappa shape index (κ3) is 4.40. The van der Waals surface area contributed by atoms with E-state index in [9.17, 15) is 23.2 Å². The molecule has 0 aliphatic rings. The second-order valence-electron chi connectivity index (χ2n) is 7.31. The molecule has 1 aromatic heterocycles. The Kier molecular flexibility index (Phi) is 6.46. The number of carbonyl (C=O) groups is 3. The molecule has 0 fully saturated rings. The lowest BCUT2D eigenvalue weighted by Gasteiger charge is -2.18. The van der Waals surface area contributed by atoms with Crippen LogP contribution in [0.3, 0.4) is 0 Å². The van der Waals surface area contributed by atoms with Crippen LogP contribution in [-0.4, -0.2) is 27.7 Å². The van der Waals surface area contributed by atoms with Crippen molar-refractivity contribution in [2.45, 2.75) is 46.7 Å². The lowest BCUT2D eigenvalue weighted by molar-refractivity contribution is -0.118. The Morgan fingerprint density at radius 1 is 1.17 bits per heavy atom. The molecular weight excluding hydrogens is 392 g/mol. The van der Waals surface area contributed by atoms with Crippen LogP contribution in [-0.2, 0) is 11.3 Å². The molecular formula is C22H23F2N3O3. The molecule has 1 heterocycles. The van der Waals surface area contributed by atoms with E-state index in [-0.39, 0.29) is 16.9 Å². The number of hydrogen-bond acceptors (Lipinski definition) is 3. The first kappa shape index (κ1) is 22.8. The van der Waals surface area contributed by atoms with Gasteiger partial charge in [-0.2, -0.15) is 0 Å². The molecule has 2 rings (SSSR count). The van der Waals surface area contributed by atoms with Gasteiger partial charge >= 0.3 is 0 Å². The van der Waals surface area contributed by atoms with E-state index in [4.69, 9.17) is 6.42 Å². The molecule has 158 valence electrons. The van der Waals surface area contributed by atoms with Crippen LogP contribution >= 0.6 is 0 Å². The summed E-state index contributed by atoms with van der Waals surface area (Å²) < 4.78 is 28.2. The van der Waals surface area contributed by atoms with Crippen LogP contribution in [0.5, 0.6) is 0 Å². The maximum Gasteiger partial charge on any atom is 0.293 e. The molecule has 8 heteroatoms. The van der Waals surface area contributed by atoms with Crippen LogP contribution in [0, 0.1) is 37.8 Å². The van der Waals surface area contributed by atoms with Gasteiger partial charge in [0.15, 0.2) is 11.6 Å². The summed E-state index contributed by atoms with van der Waals surface area (Å²) in [6.45, 7) is 8.45. The molecule has 0 unspecified atom stereocenters. The van der Waals surface area contributed by atoms with Crippen LogP contribution in [0.15, 0.2) is 18.2 Å². The van der Waals surface area contributed by atoms with E-state index < -0.39 is 34.8 Å². The first-order chi connectivity index (χ1) is 13.9. The van der Waals surface area contributed by atoms with Crippen LogP contribution in [0.4, 0.5) is 14.5 Å². The van der Waals surface area contributed by atoms with Crippen molar-refractivity contribution in [3.8, 4) is 12.3 Å². The highest BCUT2D eigenvalue weighted by Gasteiger charge is 2.31. The van der Waals surface area contributed by atoms with E-state index in [1.165, 1.54) is 6.07 Å². The number of anilines is 1. The molecule has 0 aliphatic carbocycles. The second kappa shape index (κ2) is 8.49. The van der Waals surface area contributed by atoms with E-state index in [0.29, 0.717) is 17.8 Å². The van der Waals surface area contributed by atoms with Crippen LogP contribution in [0.2, 0.25) is 0 Å². The van der Waals surface area contributed by atoms with Gasteiger partial charge in [0.25, 0.3) is 17.6 Å². The largest absolute Gasteiger partial charge is 0.340 e. The Morgan fingerprint density at radius 3 is 2.33 bits per heavy atom. The zero-order chi connectivity index (χ0) is 22.8. The minimum Gasteiger partial charge on any atom is -0.340 e. The summed E-state index contributed by atoms with van der Waals surface area (Å²) in [5.74, 6) is -2.08. The van der Waals surface area contributed by atoms with Crippen molar-refractivity contribution in [3.05, 3.63) is 52.3 Å². The highest BCUT2D eigenvalue weighted by molar-refractivity contribution is 6.43. The van der Waals surface area contributed by atoms with Gasteiger partial charge in [0, 0.05) is 24.0 Å². The molecule has 30 heavy (non-hydrogen) atoms. The molecule has 0 atom stereocenters. The number of rotatable bonds is 6. The highest BCUT2D eigenvalue weighted by atomic mass is 19.2.